The van der Waals surface area contributed by atoms with E-state index in [9.17, 15) is 4.79 Å². The minimum absolute atomic E-state index is 0.000175. The van der Waals surface area contributed by atoms with Crippen LogP contribution in [0, 0.1) is 0 Å². The number of halogens is 1. The lowest BCUT2D eigenvalue weighted by molar-refractivity contribution is -0.117. The maximum Gasteiger partial charge on any atom is 0.246 e. The van der Waals surface area contributed by atoms with Gasteiger partial charge in [0.1, 0.15) is 6.04 Å². The molecular weight excluding hydrogens is 274 g/mol. The van der Waals surface area contributed by atoms with Crippen molar-refractivity contribution in [2.45, 2.75) is 32.7 Å². The first kappa shape index (κ1) is 15.1. The highest BCUT2D eigenvalue weighted by atomic mass is 35.5. The zero-order valence-corrected chi connectivity index (χ0v) is 13.0. The largest absolute Gasteiger partial charge is 0.373 e. The first-order chi connectivity index (χ1) is 9.58. The number of benzene rings is 1. The molecule has 1 atom stereocenters. The maximum atomic E-state index is 12.0. The van der Waals surface area contributed by atoms with Crippen LogP contribution in [0.5, 0.6) is 0 Å². The molecule has 0 saturated carbocycles. The monoisotopic (exact) mass is 295 g/mol. The molecule has 1 aromatic carbocycles. The Bertz CT molecular complexity index is 504. The Hall–Kier alpha value is -1.26. The fourth-order valence-corrected chi connectivity index (χ4v) is 2.83. The van der Waals surface area contributed by atoms with Gasteiger partial charge in [-0.05, 0) is 31.5 Å². The summed E-state index contributed by atoms with van der Waals surface area (Å²) in [7, 11) is 2.01. The fourth-order valence-electron chi connectivity index (χ4n) is 2.51. The van der Waals surface area contributed by atoms with Crippen molar-refractivity contribution in [2.75, 3.05) is 30.4 Å². The van der Waals surface area contributed by atoms with Crippen molar-refractivity contribution in [3.63, 3.8) is 0 Å². The summed E-state index contributed by atoms with van der Waals surface area (Å²) in [6.07, 6.45) is 2.04. The van der Waals surface area contributed by atoms with Crippen LogP contribution in [-0.4, -0.2) is 26.0 Å². The lowest BCUT2D eigenvalue weighted by Crippen LogP contribution is -2.28. The Morgan fingerprint density at radius 1 is 1.35 bits per heavy atom. The van der Waals surface area contributed by atoms with Gasteiger partial charge in [0.2, 0.25) is 5.91 Å². The van der Waals surface area contributed by atoms with Gasteiger partial charge in [-0.1, -0.05) is 25.4 Å². The second-order valence-electron chi connectivity index (χ2n) is 5.19. The number of fused-ring (bicyclic) bond motifs is 1. The van der Waals surface area contributed by atoms with Crippen LogP contribution in [0.3, 0.4) is 0 Å². The van der Waals surface area contributed by atoms with Gasteiger partial charge in [0, 0.05) is 24.8 Å². The lowest BCUT2D eigenvalue weighted by atomic mass is 10.1. The van der Waals surface area contributed by atoms with Gasteiger partial charge in [0.15, 0.2) is 0 Å². The molecule has 0 saturated heterocycles. The van der Waals surface area contributed by atoms with E-state index in [1.807, 2.05) is 19.2 Å². The fraction of sp³-hybridized carbons (Fsp3) is 0.533. The predicted molar refractivity (Wildman–Crippen MR) is 84.7 cm³/mol. The van der Waals surface area contributed by atoms with Crippen LogP contribution < -0.4 is 15.5 Å². The van der Waals surface area contributed by atoms with Crippen molar-refractivity contribution < 1.29 is 4.79 Å². The summed E-state index contributed by atoms with van der Waals surface area (Å²) in [5.41, 5.74) is 2.77. The maximum absolute atomic E-state index is 12.0. The van der Waals surface area contributed by atoms with E-state index in [1.165, 1.54) is 0 Å². The molecule has 1 aliphatic rings. The van der Waals surface area contributed by atoms with Gasteiger partial charge in [-0.25, -0.2) is 0 Å². The van der Waals surface area contributed by atoms with Gasteiger partial charge in [-0.3, -0.25) is 4.79 Å². The molecule has 0 fully saturated rings. The Balaban J connectivity index is 2.30. The lowest BCUT2D eigenvalue weighted by Gasteiger charge is -2.21. The van der Waals surface area contributed by atoms with E-state index in [2.05, 4.69) is 29.4 Å². The van der Waals surface area contributed by atoms with Crippen LogP contribution in [0.25, 0.3) is 0 Å². The molecule has 1 amide bonds. The standard InChI is InChI=1S/C15H22ClN3O/c1-4-6-17-14-10-8-11(16)13(19(3)7-5-2)9-12(10)18-15(14)20/h8-9,14,17H,4-7H2,1-3H3,(H,18,20). The van der Waals surface area contributed by atoms with Gasteiger partial charge in [0.05, 0.1) is 10.7 Å². The highest BCUT2D eigenvalue weighted by Crippen LogP contribution is 2.38. The van der Waals surface area contributed by atoms with Crippen molar-refractivity contribution in [1.82, 2.24) is 5.32 Å². The van der Waals surface area contributed by atoms with Crippen molar-refractivity contribution in [1.29, 1.82) is 0 Å². The molecule has 0 radical (unpaired) electrons. The molecule has 5 heteroatoms. The number of amides is 1. The van der Waals surface area contributed by atoms with E-state index in [-0.39, 0.29) is 11.9 Å². The highest BCUT2D eigenvalue weighted by molar-refractivity contribution is 6.33. The first-order valence-corrected chi connectivity index (χ1v) is 7.55. The predicted octanol–water partition coefficient (Wildman–Crippen LogP) is 3.18. The number of rotatable bonds is 6. The van der Waals surface area contributed by atoms with Crippen molar-refractivity contribution in [2.24, 2.45) is 0 Å². The second kappa shape index (κ2) is 6.46. The van der Waals surface area contributed by atoms with Gasteiger partial charge in [-0.2, -0.15) is 0 Å². The average molecular weight is 296 g/mol. The highest BCUT2D eigenvalue weighted by Gasteiger charge is 2.31. The summed E-state index contributed by atoms with van der Waals surface area (Å²) in [6, 6.07) is 3.59. The topological polar surface area (TPSA) is 44.4 Å². The molecule has 2 rings (SSSR count). The molecule has 1 heterocycles. The minimum atomic E-state index is -0.284. The molecular formula is C15H22ClN3O. The van der Waals surface area contributed by atoms with E-state index in [0.29, 0.717) is 5.02 Å². The first-order valence-electron chi connectivity index (χ1n) is 7.17. The number of anilines is 2. The van der Waals surface area contributed by atoms with E-state index >= 15 is 0 Å². The van der Waals surface area contributed by atoms with Gasteiger partial charge < -0.3 is 15.5 Å². The summed E-state index contributed by atoms with van der Waals surface area (Å²) >= 11 is 6.38. The average Bonchev–Trinajstić information content (AvgIpc) is 2.71. The van der Waals surface area contributed by atoms with E-state index in [4.69, 9.17) is 11.6 Å². The summed E-state index contributed by atoms with van der Waals surface area (Å²) in [5.74, 6) is -0.000175. The molecule has 0 bridgehead atoms. The van der Waals surface area contributed by atoms with Crippen molar-refractivity contribution in [3.8, 4) is 0 Å². The van der Waals surface area contributed by atoms with Crippen LogP contribution in [0.2, 0.25) is 5.02 Å². The summed E-state index contributed by atoms with van der Waals surface area (Å²) in [6.45, 7) is 5.96. The van der Waals surface area contributed by atoms with Crippen LogP contribution in [0.4, 0.5) is 11.4 Å². The van der Waals surface area contributed by atoms with Crippen molar-refractivity contribution in [3.05, 3.63) is 22.7 Å². The number of carbonyl (C=O) groups is 1. The van der Waals surface area contributed by atoms with Gasteiger partial charge >= 0.3 is 0 Å². The molecule has 0 spiro atoms. The molecule has 4 nitrogen and oxygen atoms in total. The summed E-state index contributed by atoms with van der Waals surface area (Å²) in [4.78, 5) is 14.1. The Morgan fingerprint density at radius 3 is 2.75 bits per heavy atom. The van der Waals surface area contributed by atoms with Crippen LogP contribution in [0.15, 0.2) is 12.1 Å². The Kier molecular flexibility index (Phi) is 4.89. The number of carbonyl (C=O) groups excluding carboxylic acids is 1. The molecule has 20 heavy (non-hydrogen) atoms. The van der Waals surface area contributed by atoms with E-state index in [1.54, 1.807) is 0 Å². The molecule has 0 aromatic heterocycles. The third kappa shape index (κ3) is 2.91. The molecule has 1 aromatic rings. The van der Waals surface area contributed by atoms with E-state index in [0.717, 1.165) is 42.9 Å². The van der Waals surface area contributed by atoms with Crippen molar-refractivity contribution >= 4 is 28.9 Å². The minimum Gasteiger partial charge on any atom is -0.373 e. The number of nitrogens with one attached hydrogen (secondary N) is 2. The zero-order chi connectivity index (χ0) is 14.7. The molecule has 110 valence electrons. The Labute approximate surface area is 125 Å². The second-order valence-corrected chi connectivity index (χ2v) is 5.60. The third-order valence-corrected chi connectivity index (χ3v) is 3.82. The van der Waals surface area contributed by atoms with Crippen LogP contribution in [0.1, 0.15) is 38.3 Å². The van der Waals surface area contributed by atoms with E-state index < -0.39 is 0 Å². The SMILES string of the molecule is CCCNC1C(=O)Nc2cc(N(C)CCC)c(Cl)cc21. The van der Waals surface area contributed by atoms with Crippen LogP contribution >= 0.6 is 11.6 Å². The summed E-state index contributed by atoms with van der Waals surface area (Å²) < 4.78 is 0. The molecule has 2 N–H and O–H groups in total. The van der Waals surface area contributed by atoms with Gasteiger partial charge in [-0.15, -0.1) is 0 Å². The zero-order valence-electron chi connectivity index (χ0n) is 12.3. The number of nitrogens with zero attached hydrogens (tertiary/aromatic N) is 1. The quantitative estimate of drug-likeness (QED) is 0.847. The Morgan fingerprint density at radius 2 is 2.10 bits per heavy atom. The smallest absolute Gasteiger partial charge is 0.246 e. The molecule has 0 aliphatic carbocycles. The van der Waals surface area contributed by atoms with Gasteiger partial charge in [0.25, 0.3) is 0 Å². The third-order valence-electron chi connectivity index (χ3n) is 3.52. The normalized spacial score (nSPS) is 17.0. The van der Waals surface area contributed by atoms with Crippen LogP contribution in [-0.2, 0) is 4.79 Å². The molecule has 1 unspecified atom stereocenters. The summed E-state index contributed by atoms with van der Waals surface area (Å²) in [5, 5.41) is 6.88. The number of hydrogen-bond acceptors (Lipinski definition) is 3. The number of hydrogen-bond donors (Lipinski definition) is 2. The molecule has 1 aliphatic heterocycles.